The van der Waals surface area contributed by atoms with Crippen LogP contribution in [-0.4, -0.2) is 42.8 Å². The van der Waals surface area contributed by atoms with Gasteiger partial charge in [0.1, 0.15) is 11.4 Å². The average Bonchev–Trinajstić information content (AvgIpc) is 3.04. The lowest BCUT2D eigenvalue weighted by molar-refractivity contribution is -0.121. The molecule has 31 heavy (non-hydrogen) atoms. The molecule has 0 aliphatic carbocycles. The molecule has 0 bridgehead atoms. The summed E-state index contributed by atoms with van der Waals surface area (Å²) in [6.07, 6.45) is 3.08. The number of hydrogen-bond acceptors (Lipinski definition) is 5. The van der Waals surface area contributed by atoms with Crippen molar-refractivity contribution in [2.45, 2.75) is 26.2 Å². The molecular formula is C24H25N3O4. The summed E-state index contributed by atoms with van der Waals surface area (Å²) in [6.45, 7) is 2.92. The monoisotopic (exact) mass is 419 g/mol. The number of nitrogens with one attached hydrogen (secondary N) is 1. The van der Waals surface area contributed by atoms with Gasteiger partial charge in [-0.05, 0) is 49.1 Å². The lowest BCUT2D eigenvalue weighted by atomic mass is 10.0. The Morgan fingerprint density at radius 1 is 0.935 bits per heavy atom. The molecular weight excluding hydrogens is 394 g/mol. The molecule has 0 spiro atoms. The van der Waals surface area contributed by atoms with E-state index in [2.05, 4.69) is 5.32 Å². The van der Waals surface area contributed by atoms with Crippen molar-refractivity contribution in [2.75, 3.05) is 30.4 Å². The third-order valence-electron chi connectivity index (χ3n) is 5.55. The summed E-state index contributed by atoms with van der Waals surface area (Å²) in [5.41, 5.74) is 2.52. The lowest BCUT2D eigenvalue weighted by Gasteiger charge is -2.29. The quantitative estimate of drug-likeness (QED) is 0.752. The Morgan fingerprint density at radius 3 is 2.26 bits per heavy atom. The second kappa shape index (κ2) is 8.63. The summed E-state index contributed by atoms with van der Waals surface area (Å²) in [5, 5.41) is 2.72. The molecule has 7 nitrogen and oxygen atoms in total. The van der Waals surface area contributed by atoms with Crippen LogP contribution in [0.4, 0.5) is 11.4 Å². The maximum atomic E-state index is 13.6. The predicted octanol–water partition coefficient (Wildman–Crippen LogP) is 3.42. The van der Waals surface area contributed by atoms with Gasteiger partial charge in [0.2, 0.25) is 5.91 Å². The van der Waals surface area contributed by atoms with E-state index >= 15 is 0 Å². The number of methoxy groups -OCH3 is 1. The van der Waals surface area contributed by atoms with Crippen LogP contribution >= 0.6 is 0 Å². The lowest BCUT2D eigenvalue weighted by Crippen LogP contribution is -2.37. The molecule has 7 heteroatoms. The van der Waals surface area contributed by atoms with Gasteiger partial charge in [-0.2, -0.15) is 0 Å². The van der Waals surface area contributed by atoms with E-state index in [1.165, 1.54) is 18.9 Å². The van der Waals surface area contributed by atoms with Gasteiger partial charge in [-0.15, -0.1) is 0 Å². The summed E-state index contributed by atoms with van der Waals surface area (Å²) in [6, 6.07) is 14.0. The molecule has 160 valence electrons. The zero-order valence-corrected chi connectivity index (χ0v) is 17.7. The van der Waals surface area contributed by atoms with E-state index in [0.717, 1.165) is 32.4 Å². The Hall–Kier alpha value is -3.61. The van der Waals surface area contributed by atoms with Crippen molar-refractivity contribution in [2.24, 2.45) is 0 Å². The summed E-state index contributed by atoms with van der Waals surface area (Å²) >= 11 is 0. The fourth-order valence-electron chi connectivity index (χ4n) is 4.15. The van der Waals surface area contributed by atoms with Crippen LogP contribution in [0.2, 0.25) is 0 Å². The van der Waals surface area contributed by atoms with Crippen molar-refractivity contribution in [3.8, 4) is 5.75 Å². The minimum Gasteiger partial charge on any atom is -0.495 e. The highest BCUT2D eigenvalue weighted by Gasteiger charge is 2.43. The van der Waals surface area contributed by atoms with Crippen molar-refractivity contribution < 1.29 is 19.1 Å². The molecule has 2 aromatic rings. The smallest absolute Gasteiger partial charge is 0.282 e. The van der Waals surface area contributed by atoms with Crippen LogP contribution in [0.25, 0.3) is 5.57 Å². The standard InChI is InChI=1S/C24H25N3O4/c1-16(28)25-18-12-10-17(11-13-18)21-22(26-14-6-3-7-15-26)24(30)27(23(21)29)19-8-4-5-9-20(19)31-2/h4-5,8-13H,3,6-7,14-15H2,1-2H3,(H,25,28). The van der Waals surface area contributed by atoms with E-state index in [0.29, 0.717) is 34.0 Å². The van der Waals surface area contributed by atoms with Crippen molar-refractivity contribution in [3.63, 3.8) is 0 Å². The van der Waals surface area contributed by atoms with E-state index in [1.807, 2.05) is 4.90 Å². The maximum Gasteiger partial charge on any atom is 0.282 e. The third-order valence-corrected chi connectivity index (χ3v) is 5.55. The van der Waals surface area contributed by atoms with Gasteiger partial charge in [0.15, 0.2) is 0 Å². The van der Waals surface area contributed by atoms with Crippen LogP contribution in [0, 0.1) is 0 Å². The van der Waals surface area contributed by atoms with Crippen LogP contribution in [0.5, 0.6) is 5.75 Å². The maximum absolute atomic E-state index is 13.6. The zero-order valence-electron chi connectivity index (χ0n) is 17.7. The largest absolute Gasteiger partial charge is 0.495 e. The van der Waals surface area contributed by atoms with Crippen LogP contribution < -0.4 is 15.0 Å². The average molecular weight is 419 g/mol. The van der Waals surface area contributed by atoms with Crippen molar-refractivity contribution in [1.82, 2.24) is 4.90 Å². The van der Waals surface area contributed by atoms with Gasteiger partial charge in [-0.25, -0.2) is 4.90 Å². The van der Waals surface area contributed by atoms with Crippen LogP contribution in [0.15, 0.2) is 54.2 Å². The van der Waals surface area contributed by atoms with Gasteiger partial charge in [0, 0.05) is 25.7 Å². The zero-order chi connectivity index (χ0) is 22.0. The van der Waals surface area contributed by atoms with Gasteiger partial charge in [0.05, 0.1) is 18.4 Å². The second-order valence-corrected chi connectivity index (χ2v) is 7.65. The van der Waals surface area contributed by atoms with Crippen LogP contribution in [0.3, 0.4) is 0 Å². The molecule has 0 saturated carbocycles. The Labute approximate surface area is 181 Å². The Balaban J connectivity index is 1.79. The predicted molar refractivity (Wildman–Crippen MR) is 119 cm³/mol. The topological polar surface area (TPSA) is 79.0 Å². The molecule has 2 aliphatic rings. The summed E-state index contributed by atoms with van der Waals surface area (Å²) in [7, 11) is 1.52. The molecule has 4 rings (SSSR count). The number of imide groups is 1. The van der Waals surface area contributed by atoms with E-state index in [1.54, 1.807) is 48.5 Å². The molecule has 2 heterocycles. The highest BCUT2D eigenvalue weighted by Crippen LogP contribution is 2.39. The number of ether oxygens (including phenoxy) is 1. The first kappa shape index (κ1) is 20.7. The van der Waals surface area contributed by atoms with Crippen molar-refractivity contribution >= 4 is 34.7 Å². The minimum atomic E-state index is -0.373. The second-order valence-electron chi connectivity index (χ2n) is 7.65. The van der Waals surface area contributed by atoms with Crippen molar-refractivity contribution in [3.05, 3.63) is 59.8 Å². The fraction of sp³-hybridized carbons (Fsp3) is 0.292. The van der Waals surface area contributed by atoms with Crippen LogP contribution in [-0.2, 0) is 14.4 Å². The molecule has 0 aromatic heterocycles. The summed E-state index contributed by atoms with van der Waals surface area (Å²) in [5.74, 6) is -0.417. The number of para-hydroxylation sites is 2. The number of carbonyl (C=O) groups excluding carboxylic acids is 3. The van der Waals surface area contributed by atoms with Crippen LogP contribution in [0.1, 0.15) is 31.7 Å². The minimum absolute atomic E-state index is 0.171. The highest BCUT2D eigenvalue weighted by atomic mass is 16.5. The molecule has 3 amide bonds. The molecule has 0 atom stereocenters. The van der Waals surface area contributed by atoms with E-state index < -0.39 is 0 Å². The molecule has 1 fully saturated rings. The Kier molecular flexibility index (Phi) is 5.75. The fourth-order valence-corrected chi connectivity index (χ4v) is 4.15. The summed E-state index contributed by atoms with van der Waals surface area (Å²) < 4.78 is 5.41. The van der Waals surface area contributed by atoms with Gasteiger partial charge in [-0.1, -0.05) is 24.3 Å². The van der Waals surface area contributed by atoms with Gasteiger partial charge in [-0.3, -0.25) is 14.4 Å². The number of amides is 3. The number of anilines is 2. The molecule has 0 radical (unpaired) electrons. The normalized spacial score (nSPS) is 16.7. The number of hydrogen-bond donors (Lipinski definition) is 1. The number of benzene rings is 2. The molecule has 2 aliphatic heterocycles. The van der Waals surface area contributed by atoms with E-state index in [9.17, 15) is 14.4 Å². The molecule has 1 saturated heterocycles. The molecule has 1 N–H and O–H groups in total. The number of piperidine rings is 1. The van der Waals surface area contributed by atoms with Crippen molar-refractivity contribution in [1.29, 1.82) is 0 Å². The van der Waals surface area contributed by atoms with E-state index in [4.69, 9.17) is 4.74 Å². The summed E-state index contributed by atoms with van der Waals surface area (Å²) in [4.78, 5) is 41.7. The third kappa shape index (κ3) is 3.91. The SMILES string of the molecule is COc1ccccc1N1C(=O)C(c2ccc(NC(C)=O)cc2)=C(N2CCCCC2)C1=O. The molecule has 0 unspecified atom stereocenters. The van der Waals surface area contributed by atoms with Gasteiger partial charge < -0.3 is 15.0 Å². The Morgan fingerprint density at radius 2 is 1.61 bits per heavy atom. The first-order valence-electron chi connectivity index (χ1n) is 10.4. The first-order valence-corrected chi connectivity index (χ1v) is 10.4. The Bertz CT molecular complexity index is 1050. The first-order chi connectivity index (χ1) is 15.0. The number of likely N-dealkylation sites (tertiary alicyclic amines) is 1. The number of rotatable bonds is 5. The highest BCUT2D eigenvalue weighted by molar-refractivity contribution is 6.45. The molecule has 2 aromatic carbocycles. The van der Waals surface area contributed by atoms with Gasteiger partial charge in [0.25, 0.3) is 11.8 Å². The van der Waals surface area contributed by atoms with Gasteiger partial charge >= 0.3 is 0 Å². The number of carbonyl (C=O) groups is 3. The number of nitrogens with zero attached hydrogens (tertiary/aromatic N) is 2. The van der Waals surface area contributed by atoms with E-state index in [-0.39, 0.29) is 17.7 Å².